The molecule has 0 fully saturated rings. The van der Waals surface area contributed by atoms with Crippen LogP contribution in [0, 0.1) is 13.8 Å². The lowest BCUT2D eigenvalue weighted by Gasteiger charge is -2.10. The van der Waals surface area contributed by atoms with Gasteiger partial charge < -0.3 is 10.1 Å². The highest BCUT2D eigenvalue weighted by atomic mass is 35.5. The van der Waals surface area contributed by atoms with E-state index >= 15 is 0 Å². The van der Waals surface area contributed by atoms with Gasteiger partial charge in [0.2, 0.25) is 11.8 Å². The fourth-order valence-electron chi connectivity index (χ4n) is 2.89. The average molecular weight is 419 g/mol. The lowest BCUT2D eigenvalue weighted by Crippen LogP contribution is -2.16. The first-order chi connectivity index (χ1) is 13.4. The van der Waals surface area contributed by atoms with E-state index in [9.17, 15) is 4.79 Å². The summed E-state index contributed by atoms with van der Waals surface area (Å²) in [6.45, 7) is 6.12. The maximum atomic E-state index is 12.6. The normalized spacial score (nSPS) is 10.8. The van der Waals surface area contributed by atoms with Crippen molar-refractivity contribution in [3.8, 4) is 11.6 Å². The molecule has 0 radical (unpaired) electrons. The Morgan fingerprint density at radius 1 is 1.21 bits per heavy atom. The summed E-state index contributed by atoms with van der Waals surface area (Å²) in [4.78, 5) is 16.8. The Balaban J connectivity index is 1.82. The Bertz CT molecular complexity index is 1020. The monoisotopic (exact) mass is 418 g/mol. The highest BCUT2D eigenvalue weighted by Gasteiger charge is 2.17. The predicted molar refractivity (Wildman–Crippen MR) is 111 cm³/mol. The van der Waals surface area contributed by atoms with E-state index in [4.69, 9.17) is 27.9 Å². The number of carbonyl (C=O) groups is 1. The second-order valence-corrected chi connectivity index (χ2v) is 6.99. The van der Waals surface area contributed by atoms with E-state index in [1.54, 1.807) is 35.1 Å². The first-order valence-corrected chi connectivity index (χ1v) is 9.54. The molecular formula is C20H20Cl2N4O2. The summed E-state index contributed by atoms with van der Waals surface area (Å²) in [5.74, 6) is 0.229. The van der Waals surface area contributed by atoms with Gasteiger partial charge in [0, 0.05) is 17.5 Å². The number of amides is 1. The minimum atomic E-state index is -0.172. The summed E-state index contributed by atoms with van der Waals surface area (Å²) in [6, 6.07) is 8.81. The number of hydrogen-bond donors (Lipinski definition) is 1. The number of benzene rings is 1. The highest BCUT2D eigenvalue weighted by molar-refractivity contribution is 6.42. The quantitative estimate of drug-likeness (QED) is 0.625. The maximum absolute atomic E-state index is 12.6. The Kier molecular flexibility index (Phi) is 6.21. The van der Waals surface area contributed by atoms with E-state index in [1.807, 2.05) is 26.8 Å². The van der Waals surface area contributed by atoms with Gasteiger partial charge in [-0.3, -0.25) is 4.79 Å². The second kappa shape index (κ2) is 8.63. The molecule has 8 heteroatoms. The van der Waals surface area contributed by atoms with Crippen LogP contribution in [0.25, 0.3) is 5.69 Å². The molecule has 1 aromatic carbocycles. The molecule has 0 aliphatic rings. The van der Waals surface area contributed by atoms with Crippen molar-refractivity contribution >= 4 is 34.8 Å². The van der Waals surface area contributed by atoms with Crippen LogP contribution in [0.1, 0.15) is 23.9 Å². The van der Waals surface area contributed by atoms with Crippen molar-refractivity contribution in [3.05, 3.63) is 63.5 Å². The number of anilines is 1. The minimum Gasteiger partial charge on any atom is -0.476 e. The summed E-state index contributed by atoms with van der Waals surface area (Å²) in [5, 5.41) is 8.35. The van der Waals surface area contributed by atoms with E-state index < -0.39 is 0 Å². The summed E-state index contributed by atoms with van der Waals surface area (Å²) in [6.07, 6.45) is 1.80. The first kappa shape index (κ1) is 20.2. The van der Waals surface area contributed by atoms with Crippen LogP contribution < -0.4 is 10.1 Å². The number of aromatic nitrogens is 3. The number of pyridine rings is 1. The fourth-order valence-corrected chi connectivity index (χ4v) is 3.18. The van der Waals surface area contributed by atoms with Crippen LogP contribution in [0.2, 0.25) is 10.0 Å². The van der Waals surface area contributed by atoms with Crippen LogP contribution >= 0.6 is 23.2 Å². The van der Waals surface area contributed by atoms with Crippen molar-refractivity contribution in [1.29, 1.82) is 0 Å². The largest absolute Gasteiger partial charge is 0.476 e. The van der Waals surface area contributed by atoms with Crippen LogP contribution in [0.3, 0.4) is 0 Å². The first-order valence-electron chi connectivity index (χ1n) is 8.79. The smallest absolute Gasteiger partial charge is 0.237 e. The number of carbonyl (C=O) groups excluding carboxylic acids is 1. The number of rotatable bonds is 6. The third-order valence-corrected chi connectivity index (χ3v) is 4.99. The zero-order valence-electron chi connectivity index (χ0n) is 15.8. The third kappa shape index (κ3) is 4.29. The van der Waals surface area contributed by atoms with Gasteiger partial charge in [0.25, 0.3) is 0 Å². The molecule has 28 heavy (non-hydrogen) atoms. The number of nitrogens with one attached hydrogen (secondary N) is 1. The molecule has 6 nitrogen and oxygen atoms in total. The van der Waals surface area contributed by atoms with Crippen LogP contribution in [0.4, 0.5) is 5.69 Å². The molecule has 0 saturated heterocycles. The molecule has 0 bridgehead atoms. The summed E-state index contributed by atoms with van der Waals surface area (Å²) in [5.41, 5.74) is 3.82. The van der Waals surface area contributed by atoms with Crippen molar-refractivity contribution in [1.82, 2.24) is 14.8 Å². The van der Waals surface area contributed by atoms with Crippen molar-refractivity contribution in [2.24, 2.45) is 0 Å². The Morgan fingerprint density at radius 3 is 2.71 bits per heavy atom. The van der Waals surface area contributed by atoms with Crippen LogP contribution in [-0.4, -0.2) is 27.3 Å². The maximum Gasteiger partial charge on any atom is 0.237 e. The molecule has 1 amide bonds. The van der Waals surface area contributed by atoms with Gasteiger partial charge in [-0.25, -0.2) is 9.67 Å². The Morgan fingerprint density at radius 2 is 2.00 bits per heavy atom. The van der Waals surface area contributed by atoms with Crippen molar-refractivity contribution < 1.29 is 9.53 Å². The van der Waals surface area contributed by atoms with Gasteiger partial charge >= 0.3 is 0 Å². The fraction of sp³-hybridized carbons (Fsp3) is 0.250. The molecule has 146 valence electrons. The molecule has 2 aromatic heterocycles. The molecule has 2 heterocycles. The number of aryl methyl sites for hydroxylation is 1. The average Bonchev–Trinajstić information content (AvgIpc) is 2.94. The summed E-state index contributed by atoms with van der Waals surface area (Å²) < 4.78 is 7.21. The van der Waals surface area contributed by atoms with E-state index in [1.165, 1.54) is 0 Å². The summed E-state index contributed by atoms with van der Waals surface area (Å²) >= 11 is 12.1. The van der Waals surface area contributed by atoms with E-state index in [-0.39, 0.29) is 12.3 Å². The number of hydrogen-bond acceptors (Lipinski definition) is 4. The van der Waals surface area contributed by atoms with Crippen LogP contribution in [0.15, 0.2) is 36.5 Å². The van der Waals surface area contributed by atoms with Crippen molar-refractivity contribution in [2.75, 3.05) is 11.9 Å². The molecular weight excluding hydrogens is 399 g/mol. The molecule has 0 aliphatic heterocycles. The van der Waals surface area contributed by atoms with Crippen LogP contribution in [0.5, 0.6) is 5.88 Å². The lowest BCUT2D eigenvalue weighted by molar-refractivity contribution is -0.115. The topological polar surface area (TPSA) is 69.0 Å². The molecule has 3 rings (SSSR count). The SMILES string of the molecule is CCOc1ncccc1NC(=O)Cc1c(C)nn(-c2ccc(Cl)c(Cl)c2)c1C. The van der Waals surface area contributed by atoms with Crippen LogP contribution in [-0.2, 0) is 11.2 Å². The molecule has 0 saturated carbocycles. The van der Waals surface area contributed by atoms with Gasteiger partial charge in [0.15, 0.2) is 0 Å². The number of ether oxygens (including phenoxy) is 1. The van der Waals surface area contributed by atoms with Crippen molar-refractivity contribution in [3.63, 3.8) is 0 Å². The van der Waals surface area contributed by atoms with Gasteiger partial charge in [-0.1, -0.05) is 23.2 Å². The lowest BCUT2D eigenvalue weighted by atomic mass is 10.1. The predicted octanol–water partition coefficient (Wildman–Crippen LogP) is 4.77. The summed E-state index contributed by atoms with van der Waals surface area (Å²) in [7, 11) is 0. The van der Waals surface area contributed by atoms with Gasteiger partial charge in [-0.2, -0.15) is 5.10 Å². The van der Waals surface area contributed by atoms with Gasteiger partial charge in [0.1, 0.15) is 5.69 Å². The standard InChI is InChI=1S/C20H20Cl2N4O2/c1-4-28-20-18(6-5-9-23-20)24-19(27)11-15-12(2)25-26(13(15)3)14-7-8-16(21)17(22)10-14/h5-10H,4,11H2,1-3H3,(H,24,27). The van der Waals surface area contributed by atoms with E-state index in [2.05, 4.69) is 15.4 Å². The van der Waals surface area contributed by atoms with Gasteiger partial charge in [0.05, 0.1) is 34.5 Å². The molecule has 0 spiro atoms. The molecule has 0 unspecified atom stereocenters. The molecule has 0 atom stereocenters. The minimum absolute atomic E-state index is 0.172. The third-order valence-electron chi connectivity index (χ3n) is 4.25. The molecule has 3 aromatic rings. The van der Waals surface area contributed by atoms with Gasteiger partial charge in [-0.15, -0.1) is 0 Å². The highest BCUT2D eigenvalue weighted by Crippen LogP contribution is 2.27. The molecule has 0 aliphatic carbocycles. The van der Waals surface area contributed by atoms with E-state index in [0.717, 1.165) is 22.6 Å². The van der Waals surface area contributed by atoms with Crippen molar-refractivity contribution in [2.45, 2.75) is 27.2 Å². The zero-order valence-corrected chi connectivity index (χ0v) is 17.3. The zero-order chi connectivity index (χ0) is 20.3. The Labute approximate surface area is 173 Å². The second-order valence-electron chi connectivity index (χ2n) is 6.17. The van der Waals surface area contributed by atoms with E-state index in [0.29, 0.717) is 28.2 Å². The Hall–Kier alpha value is -2.57. The molecule has 1 N–H and O–H groups in total. The number of halogens is 2. The number of nitrogens with zero attached hydrogens (tertiary/aromatic N) is 3. The van der Waals surface area contributed by atoms with Gasteiger partial charge in [-0.05, 0) is 51.1 Å².